The van der Waals surface area contributed by atoms with Crippen LogP contribution >= 0.6 is 11.8 Å². The molecular weight excluding hydrogens is 262 g/mol. The first-order valence-corrected chi connectivity index (χ1v) is 7.51. The largest absolute Gasteiger partial charge is 0.382 e. The number of thioether (sulfide) groups is 1. The van der Waals surface area contributed by atoms with Gasteiger partial charge in [-0.05, 0) is 29.3 Å². The number of hydrogen-bond acceptors (Lipinski definition) is 6. The second-order valence-corrected chi connectivity index (χ2v) is 5.76. The van der Waals surface area contributed by atoms with Crippen LogP contribution in [-0.4, -0.2) is 35.7 Å². The molecule has 0 unspecified atom stereocenters. The zero-order valence-corrected chi connectivity index (χ0v) is 11.5. The summed E-state index contributed by atoms with van der Waals surface area (Å²) >= 11 is 1.67. The summed E-state index contributed by atoms with van der Waals surface area (Å²) in [6.45, 7) is 0.805. The maximum Gasteiger partial charge on any atom is 0.209 e. The van der Waals surface area contributed by atoms with Crippen LogP contribution in [0.25, 0.3) is 0 Å². The Labute approximate surface area is 115 Å². The predicted octanol–water partition coefficient (Wildman–Crippen LogP) is 1.36. The molecule has 0 amide bonds. The lowest BCUT2D eigenvalue weighted by atomic mass is 10.3. The number of anilines is 1. The quantitative estimate of drug-likeness (QED) is 0.831. The van der Waals surface area contributed by atoms with E-state index < -0.39 is 0 Å². The van der Waals surface area contributed by atoms with Crippen molar-refractivity contribution < 1.29 is 0 Å². The minimum absolute atomic E-state index is 0.484. The molecule has 0 spiro atoms. The van der Waals surface area contributed by atoms with Crippen LogP contribution in [-0.2, 0) is 6.54 Å². The highest BCUT2D eigenvalue weighted by atomic mass is 32.2. The summed E-state index contributed by atoms with van der Waals surface area (Å²) in [4.78, 5) is 0. The van der Waals surface area contributed by atoms with Crippen LogP contribution in [0.1, 0.15) is 31.7 Å². The van der Waals surface area contributed by atoms with Crippen molar-refractivity contribution in [1.29, 1.82) is 0 Å². The molecule has 1 fully saturated rings. The van der Waals surface area contributed by atoms with E-state index >= 15 is 0 Å². The van der Waals surface area contributed by atoms with E-state index in [0.717, 1.165) is 17.5 Å². The summed E-state index contributed by atoms with van der Waals surface area (Å²) in [5.74, 6) is 1.44. The lowest BCUT2D eigenvalue weighted by Gasteiger charge is -2.10. The molecule has 2 heterocycles. The highest BCUT2D eigenvalue weighted by Crippen LogP contribution is 2.31. The molecule has 0 aliphatic heterocycles. The molecule has 0 saturated heterocycles. The van der Waals surface area contributed by atoms with E-state index in [2.05, 4.69) is 20.6 Å². The molecule has 8 heteroatoms. The van der Waals surface area contributed by atoms with Crippen molar-refractivity contribution in [3.05, 3.63) is 12.3 Å². The zero-order valence-electron chi connectivity index (χ0n) is 10.6. The third-order valence-corrected chi connectivity index (χ3v) is 4.26. The van der Waals surface area contributed by atoms with Crippen molar-refractivity contribution >= 4 is 17.6 Å². The Hall–Kier alpha value is -1.57. The van der Waals surface area contributed by atoms with Gasteiger partial charge in [-0.15, -0.1) is 5.10 Å². The molecule has 3 rings (SSSR count). The number of hydrogen-bond donors (Lipinski definition) is 1. The number of nitrogens with zero attached hydrogens (tertiary/aromatic N) is 6. The van der Waals surface area contributed by atoms with E-state index in [1.807, 2.05) is 15.6 Å². The van der Waals surface area contributed by atoms with Gasteiger partial charge >= 0.3 is 0 Å². The first kappa shape index (κ1) is 12.5. The highest BCUT2D eigenvalue weighted by molar-refractivity contribution is 7.99. The highest BCUT2D eigenvalue weighted by Gasteiger charge is 2.21. The van der Waals surface area contributed by atoms with Crippen LogP contribution < -0.4 is 5.73 Å². The van der Waals surface area contributed by atoms with Gasteiger partial charge in [0.05, 0.1) is 12.6 Å². The van der Waals surface area contributed by atoms with Gasteiger partial charge in [0.1, 0.15) is 5.82 Å². The second-order valence-electron chi connectivity index (χ2n) is 4.70. The Morgan fingerprint density at radius 3 is 2.95 bits per heavy atom. The van der Waals surface area contributed by atoms with Crippen molar-refractivity contribution in [2.75, 3.05) is 11.5 Å². The number of nitrogens with two attached hydrogens (primary N) is 1. The van der Waals surface area contributed by atoms with Gasteiger partial charge in [-0.25, -0.2) is 4.68 Å². The molecule has 0 atom stereocenters. The van der Waals surface area contributed by atoms with E-state index in [0.29, 0.717) is 11.9 Å². The molecule has 2 aromatic rings. The van der Waals surface area contributed by atoms with Crippen molar-refractivity contribution in [2.45, 2.75) is 43.4 Å². The van der Waals surface area contributed by atoms with Gasteiger partial charge in [0.15, 0.2) is 0 Å². The van der Waals surface area contributed by atoms with Crippen molar-refractivity contribution in [3.63, 3.8) is 0 Å². The summed E-state index contributed by atoms with van der Waals surface area (Å²) in [5.41, 5.74) is 5.58. The van der Waals surface area contributed by atoms with Crippen molar-refractivity contribution in [1.82, 2.24) is 30.0 Å². The molecule has 0 radical (unpaired) electrons. The third-order valence-electron chi connectivity index (χ3n) is 3.35. The van der Waals surface area contributed by atoms with Gasteiger partial charge in [0.2, 0.25) is 5.16 Å². The van der Waals surface area contributed by atoms with Crippen LogP contribution in [0.2, 0.25) is 0 Å². The fourth-order valence-electron chi connectivity index (χ4n) is 2.39. The summed E-state index contributed by atoms with van der Waals surface area (Å²) in [7, 11) is 0. The number of aryl methyl sites for hydroxylation is 1. The van der Waals surface area contributed by atoms with E-state index in [9.17, 15) is 0 Å². The van der Waals surface area contributed by atoms with E-state index in [4.69, 9.17) is 5.73 Å². The van der Waals surface area contributed by atoms with Crippen LogP contribution in [0.4, 0.5) is 5.82 Å². The fraction of sp³-hybridized carbons (Fsp3) is 0.636. The van der Waals surface area contributed by atoms with Gasteiger partial charge in [0.25, 0.3) is 0 Å². The molecule has 1 aliphatic rings. The minimum Gasteiger partial charge on any atom is -0.382 e. The third kappa shape index (κ3) is 2.89. The molecule has 7 nitrogen and oxygen atoms in total. The maximum atomic E-state index is 5.58. The first-order chi connectivity index (χ1) is 9.33. The Balaban J connectivity index is 1.56. The number of tetrazole rings is 1. The van der Waals surface area contributed by atoms with E-state index in [1.54, 1.807) is 17.8 Å². The normalized spacial score (nSPS) is 16.2. The van der Waals surface area contributed by atoms with E-state index in [-0.39, 0.29) is 0 Å². The van der Waals surface area contributed by atoms with Crippen molar-refractivity contribution in [2.24, 2.45) is 0 Å². The lowest BCUT2D eigenvalue weighted by molar-refractivity contribution is 0.423. The number of aromatic nitrogens is 6. The van der Waals surface area contributed by atoms with Crippen LogP contribution in [0, 0.1) is 0 Å². The van der Waals surface area contributed by atoms with E-state index in [1.165, 1.54) is 25.7 Å². The van der Waals surface area contributed by atoms with Gasteiger partial charge in [0, 0.05) is 11.9 Å². The van der Waals surface area contributed by atoms with Gasteiger partial charge in [-0.1, -0.05) is 24.6 Å². The Kier molecular flexibility index (Phi) is 3.67. The molecule has 0 bridgehead atoms. The van der Waals surface area contributed by atoms with Crippen LogP contribution in [0.3, 0.4) is 0 Å². The standard InChI is InChI=1S/C11H17N7S/c12-10-5-6-17(14-10)7-8-19-11-13-15-16-18(11)9-3-1-2-4-9/h5-6,9H,1-4,7-8H2,(H2,12,14). The summed E-state index contributed by atoms with van der Waals surface area (Å²) in [5, 5.41) is 17.1. The maximum absolute atomic E-state index is 5.58. The lowest BCUT2D eigenvalue weighted by Crippen LogP contribution is -2.09. The molecule has 0 aromatic carbocycles. The summed E-state index contributed by atoms with van der Waals surface area (Å²) in [6.07, 6.45) is 6.82. The molecule has 102 valence electrons. The van der Waals surface area contributed by atoms with Gasteiger partial charge in [-0.3, -0.25) is 4.68 Å². The Morgan fingerprint density at radius 2 is 2.21 bits per heavy atom. The topological polar surface area (TPSA) is 87.4 Å². The molecule has 2 aromatic heterocycles. The van der Waals surface area contributed by atoms with Gasteiger partial charge in [-0.2, -0.15) is 5.10 Å². The van der Waals surface area contributed by atoms with Crippen LogP contribution in [0.15, 0.2) is 17.4 Å². The van der Waals surface area contributed by atoms with Crippen LogP contribution in [0.5, 0.6) is 0 Å². The number of rotatable bonds is 5. The van der Waals surface area contributed by atoms with Gasteiger partial charge < -0.3 is 5.73 Å². The smallest absolute Gasteiger partial charge is 0.209 e. The Bertz CT molecular complexity index is 529. The first-order valence-electron chi connectivity index (χ1n) is 6.52. The molecule has 1 aliphatic carbocycles. The number of nitrogen functional groups attached to an aromatic ring is 1. The summed E-state index contributed by atoms with van der Waals surface area (Å²) < 4.78 is 3.82. The van der Waals surface area contributed by atoms with Crippen molar-refractivity contribution in [3.8, 4) is 0 Å². The predicted molar refractivity (Wildman–Crippen MR) is 72.7 cm³/mol. The molecule has 1 saturated carbocycles. The fourth-order valence-corrected chi connectivity index (χ4v) is 3.26. The average molecular weight is 279 g/mol. The monoisotopic (exact) mass is 279 g/mol. The SMILES string of the molecule is Nc1ccn(CCSc2nnnn2C2CCCC2)n1. The zero-order chi connectivity index (χ0) is 13.1. The molecular formula is C11H17N7S. The summed E-state index contributed by atoms with van der Waals surface area (Å²) in [6, 6.07) is 2.28. The Morgan fingerprint density at radius 1 is 1.37 bits per heavy atom. The second kappa shape index (κ2) is 5.60. The average Bonchev–Trinajstić information content (AvgIpc) is 3.09. The molecule has 2 N–H and O–H groups in total. The molecule has 19 heavy (non-hydrogen) atoms. The minimum atomic E-state index is 0.484.